The molecule has 1 atom stereocenters. The molecule has 21 heavy (non-hydrogen) atoms. The summed E-state index contributed by atoms with van der Waals surface area (Å²) in [5.74, 6) is 0.118. The van der Waals surface area contributed by atoms with Crippen LogP contribution in [0.3, 0.4) is 0 Å². The van der Waals surface area contributed by atoms with Gasteiger partial charge in [-0.15, -0.1) is 0 Å². The van der Waals surface area contributed by atoms with E-state index in [4.69, 9.17) is 22.1 Å². The summed E-state index contributed by atoms with van der Waals surface area (Å²) in [6.45, 7) is 1.95. The fourth-order valence-corrected chi connectivity index (χ4v) is 2.01. The molecule has 1 amide bonds. The zero-order chi connectivity index (χ0) is 15.2. The van der Waals surface area contributed by atoms with Crippen LogP contribution < -0.4 is 15.8 Å². The molecule has 0 spiro atoms. The molecule has 1 unspecified atom stereocenters. The first-order valence-corrected chi connectivity index (χ1v) is 6.95. The lowest BCUT2D eigenvalue weighted by molar-refractivity contribution is -0.119. The third-order valence-electron chi connectivity index (χ3n) is 2.99. The van der Waals surface area contributed by atoms with Gasteiger partial charge in [-0.3, -0.25) is 4.79 Å². The molecule has 0 aliphatic carbocycles. The smallest absolute Gasteiger partial charge is 0.255 e. The van der Waals surface area contributed by atoms with E-state index in [1.807, 2.05) is 36.4 Å². The number of nitrogens with one attached hydrogen (secondary N) is 1. The third kappa shape index (κ3) is 4.68. The predicted octanol–water partition coefficient (Wildman–Crippen LogP) is 3.38. The van der Waals surface area contributed by atoms with Gasteiger partial charge in [-0.05, 0) is 48.9 Å². The number of hydrogen-bond acceptors (Lipinski definition) is 3. The number of ether oxygens (including phenoxy) is 1. The molecule has 2 aromatic carbocycles. The van der Waals surface area contributed by atoms with Crippen molar-refractivity contribution in [1.82, 2.24) is 0 Å². The molecule has 0 aliphatic heterocycles. The molecule has 0 saturated heterocycles. The van der Waals surface area contributed by atoms with Crippen molar-refractivity contribution < 1.29 is 9.53 Å². The molecule has 5 heteroatoms. The monoisotopic (exact) mass is 304 g/mol. The lowest BCUT2D eigenvalue weighted by Gasteiger charge is -2.16. The molecule has 0 heterocycles. The van der Waals surface area contributed by atoms with Crippen LogP contribution in [0, 0.1) is 0 Å². The van der Waals surface area contributed by atoms with Gasteiger partial charge < -0.3 is 15.8 Å². The first-order chi connectivity index (χ1) is 10.0. The van der Waals surface area contributed by atoms with E-state index in [0.29, 0.717) is 5.75 Å². The molecule has 0 bridgehead atoms. The Morgan fingerprint density at radius 2 is 1.81 bits per heavy atom. The topological polar surface area (TPSA) is 64.3 Å². The summed E-state index contributed by atoms with van der Waals surface area (Å²) in [6.07, 6.45) is 0. The van der Waals surface area contributed by atoms with E-state index in [9.17, 15) is 4.79 Å². The molecule has 2 rings (SSSR count). The van der Waals surface area contributed by atoms with Crippen molar-refractivity contribution >= 4 is 23.2 Å². The zero-order valence-corrected chi connectivity index (χ0v) is 12.4. The Morgan fingerprint density at radius 1 is 1.19 bits per heavy atom. The van der Waals surface area contributed by atoms with Gasteiger partial charge in [0.05, 0.1) is 0 Å². The van der Waals surface area contributed by atoms with Gasteiger partial charge >= 0.3 is 0 Å². The van der Waals surface area contributed by atoms with E-state index in [1.165, 1.54) is 0 Å². The average Bonchev–Trinajstić information content (AvgIpc) is 2.47. The molecular formula is C16H17ClN2O2. The summed E-state index contributed by atoms with van der Waals surface area (Å²) in [7, 11) is 0. The number of nitrogens with two attached hydrogens (primary N) is 1. The molecule has 0 aliphatic rings. The highest BCUT2D eigenvalue weighted by Gasteiger charge is 2.05. The lowest BCUT2D eigenvalue weighted by atomic mass is 10.1. The number of hydrogen-bond donors (Lipinski definition) is 2. The van der Waals surface area contributed by atoms with Crippen molar-refractivity contribution in [2.45, 2.75) is 13.0 Å². The largest absolute Gasteiger partial charge is 0.484 e. The highest BCUT2D eigenvalue weighted by molar-refractivity contribution is 6.30. The van der Waals surface area contributed by atoms with Crippen LogP contribution >= 0.6 is 11.6 Å². The van der Waals surface area contributed by atoms with Gasteiger partial charge in [0.1, 0.15) is 5.75 Å². The second-order valence-corrected chi connectivity index (χ2v) is 5.13. The summed E-state index contributed by atoms with van der Waals surface area (Å²) in [4.78, 5) is 10.6. The van der Waals surface area contributed by atoms with Gasteiger partial charge in [-0.2, -0.15) is 0 Å². The van der Waals surface area contributed by atoms with Gasteiger partial charge in [0.15, 0.2) is 6.61 Å². The van der Waals surface area contributed by atoms with Crippen LogP contribution in [0.2, 0.25) is 5.02 Å². The molecule has 4 nitrogen and oxygen atoms in total. The summed E-state index contributed by atoms with van der Waals surface area (Å²) < 4.78 is 5.21. The maximum absolute atomic E-state index is 10.6. The minimum atomic E-state index is -0.492. The average molecular weight is 305 g/mol. The fourth-order valence-electron chi connectivity index (χ4n) is 1.89. The van der Waals surface area contributed by atoms with E-state index in [0.717, 1.165) is 16.3 Å². The number of amides is 1. The Bertz CT molecular complexity index is 597. The van der Waals surface area contributed by atoms with Crippen molar-refractivity contribution in [3.05, 3.63) is 59.1 Å². The van der Waals surface area contributed by atoms with Crippen molar-refractivity contribution in [1.29, 1.82) is 0 Å². The molecule has 0 aromatic heterocycles. The summed E-state index contributed by atoms with van der Waals surface area (Å²) in [5.41, 5.74) is 7.13. The Kier molecular flexibility index (Phi) is 5.06. The number of benzene rings is 2. The summed E-state index contributed by atoms with van der Waals surface area (Å²) in [6, 6.07) is 15.2. The van der Waals surface area contributed by atoms with Crippen LogP contribution in [-0.4, -0.2) is 12.5 Å². The van der Waals surface area contributed by atoms with Crippen LogP contribution in [0.5, 0.6) is 5.75 Å². The van der Waals surface area contributed by atoms with E-state index < -0.39 is 5.91 Å². The van der Waals surface area contributed by atoms with Crippen molar-refractivity contribution in [3.63, 3.8) is 0 Å². The summed E-state index contributed by atoms with van der Waals surface area (Å²) >= 11 is 5.88. The molecule has 2 aromatic rings. The van der Waals surface area contributed by atoms with Gasteiger partial charge in [-0.1, -0.05) is 23.7 Å². The van der Waals surface area contributed by atoms with E-state index in [1.54, 1.807) is 12.1 Å². The van der Waals surface area contributed by atoms with Gasteiger partial charge in [0, 0.05) is 16.8 Å². The molecular weight excluding hydrogens is 288 g/mol. The highest BCUT2D eigenvalue weighted by atomic mass is 35.5. The van der Waals surface area contributed by atoms with E-state index >= 15 is 0 Å². The SMILES string of the molecule is CC(Nc1ccc(OCC(N)=O)cc1)c1ccc(Cl)cc1. The molecule has 0 saturated carbocycles. The third-order valence-corrected chi connectivity index (χ3v) is 3.24. The van der Waals surface area contributed by atoms with Crippen LogP contribution in [0.1, 0.15) is 18.5 Å². The minimum absolute atomic E-state index is 0.117. The van der Waals surface area contributed by atoms with Gasteiger partial charge in [0.25, 0.3) is 5.91 Å². The zero-order valence-electron chi connectivity index (χ0n) is 11.7. The Labute approximate surface area is 128 Å². The van der Waals surface area contributed by atoms with Crippen molar-refractivity contribution in [2.75, 3.05) is 11.9 Å². The maximum Gasteiger partial charge on any atom is 0.255 e. The number of carbonyl (C=O) groups excluding carboxylic acids is 1. The summed E-state index contributed by atoms with van der Waals surface area (Å²) in [5, 5.41) is 4.10. The van der Waals surface area contributed by atoms with E-state index in [-0.39, 0.29) is 12.6 Å². The Morgan fingerprint density at radius 3 is 2.38 bits per heavy atom. The quantitative estimate of drug-likeness (QED) is 0.860. The fraction of sp³-hybridized carbons (Fsp3) is 0.188. The predicted molar refractivity (Wildman–Crippen MR) is 84.6 cm³/mol. The molecule has 3 N–H and O–H groups in total. The number of primary amides is 1. The maximum atomic E-state index is 10.6. The normalized spacial score (nSPS) is 11.7. The number of carbonyl (C=O) groups is 1. The second kappa shape index (κ2) is 6.99. The Hall–Kier alpha value is -2.20. The van der Waals surface area contributed by atoms with Gasteiger partial charge in [0.2, 0.25) is 0 Å². The van der Waals surface area contributed by atoms with Crippen LogP contribution in [0.15, 0.2) is 48.5 Å². The molecule has 0 radical (unpaired) electrons. The standard InChI is InChI=1S/C16H17ClN2O2/c1-11(12-2-4-13(17)5-3-12)19-14-6-8-15(9-7-14)21-10-16(18)20/h2-9,11,19H,10H2,1H3,(H2,18,20). The Balaban J connectivity index is 1.96. The van der Waals surface area contributed by atoms with Crippen molar-refractivity contribution in [3.8, 4) is 5.75 Å². The minimum Gasteiger partial charge on any atom is -0.484 e. The highest BCUT2D eigenvalue weighted by Crippen LogP contribution is 2.22. The number of halogens is 1. The molecule has 110 valence electrons. The van der Waals surface area contributed by atoms with Gasteiger partial charge in [-0.25, -0.2) is 0 Å². The first kappa shape index (κ1) is 15.2. The van der Waals surface area contributed by atoms with Crippen LogP contribution in [0.25, 0.3) is 0 Å². The number of anilines is 1. The first-order valence-electron chi connectivity index (χ1n) is 6.58. The lowest BCUT2D eigenvalue weighted by Crippen LogP contribution is -2.19. The van der Waals surface area contributed by atoms with Crippen LogP contribution in [0.4, 0.5) is 5.69 Å². The second-order valence-electron chi connectivity index (χ2n) is 4.70. The number of rotatable bonds is 6. The van der Waals surface area contributed by atoms with E-state index in [2.05, 4.69) is 12.2 Å². The molecule has 0 fully saturated rings. The van der Waals surface area contributed by atoms with Crippen molar-refractivity contribution in [2.24, 2.45) is 5.73 Å². The van der Waals surface area contributed by atoms with Crippen LogP contribution in [-0.2, 0) is 4.79 Å².